The van der Waals surface area contributed by atoms with Crippen molar-refractivity contribution in [2.24, 2.45) is 0 Å². The number of hydrogen-bond acceptors (Lipinski definition) is 4. The van der Waals surface area contributed by atoms with E-state index in [4.69, 9.17) is 21.7 Å². The van der Waals surface area contributed by atoms with Crippen LogP contribution in [0.15, 0.2) is 29.5 Å². The summed E-state index contributed by atoms with van der Waals surface area (Å²) in [5, 5.41) is 3.28. The standard InChI is InChI=1S/C18H20F2N2O3S/c1-10-14(17(23)25-9-8-24-2)16(15-12(19)4-3-5-13(15)20)21-18(26)22(10)11-6-7-11/h3-5,11,16H,6-9H2,1-2H3,(H,21,26)/t16-/m1/s1. The van der Waals surface area contributed by atoms with Gasteiger partial charge in [-0.3, -0.25) is 0 Å². The van der Waals surface area contributed by atoms with Crippen molar-refractivity contribution in [3.8, 4) is 0 Å². The topological polar surface area (TPSA) is 50.8 Å². The van der Waals surface area contributed by atoms with Gasteiger partial charge in [0, 0.05) is 18.8 Å². The molecule has 3 rings (SSSR count). The molecule has 8 heteroatoms. The van der Waals surface area contributed by atoms with Gasteiger partial charge in [0.2, 0.25) is 0 Å². The van der Waals surface area contributed by atoms with Gasteiger partial charge in [-0.25, -0.2) is 13.6 Å². The quantitative estimate of drug-likeness (QED) is 0.464. The Kier molecular flexibility index (Phi) is 5.52. The average Bonchev–Trinajstić information content (AvgIpc) is 3.39. The molecule has 2 aliphatic rings. The van der Waals surface area contributed by atoms with E-state index in [9.17, 15) is 13.6 Å². The summed E-state index contributed by atoms with van der Waals surface area (Å²) in [7, 11) is 1.49. The van der Waals surface area contributed by atoms with Gasteiger partial charge in [-0.1, -0.05) is 6.07 Å². The van der Waals surface area contributed by atoms with Crippen LogP contribution in [0.2, 0.25) is 0 Å². The van der Waals surface area contributed by atoms with Crippen LogP contribution in [0.25, 0.3) is 0 Å². The molecular weight excluding hydrogens is 362 g/mol. The number of nitrogens with one attached hydrogen (secondary N) is 1. The highest BCUT2D eigenvalue weighted by Crippen LogP contribution is 2.39. The zero-order valence-corrected chi connectivity index (χ0v) is 15.4. The van der Waals surface area contributed by atoms with Crippen molar-refractivity contribution < 1.29 is 23.0 Å². The molecule has 1 atom stereocenters. The highest BCUT2D eigenvalue weighted by atomic mass is 32.1. The Morgan fingerprint density at radius 1 is 1.31 bits per heavy atom. The molecule has 0 radical (unpaired) electrons. The van der Waals surface area contributed by atoms with Gasteiger partial charge < -0.3 is 19.7 Å². The van der Waals surface area contributed by atoms with Crippen molar-refractivity contribution in [3.05, 3.63) is 46.7 Å². The van der Waals surface area contributed by atoms with E-state index in [1.807, 2.05) is 4.90 Å². The van der Waals surface area contributed by atoms with E-state index in [0.717, 1.165) is 25.0 Å². The van der Waals surface area contributed by atoms with Gasteiger partial charge in [-0.2, -0.15) is 0 Å². The summed E-state index contributed by atoms with van der Waals surface area (Å²) < 4.78 is 38.9. The SMILES string of the molecule is COCCOC(=O)C1=C(C)N(C2CC2)C(=S)N[C@H]1c1c(F)cccc1F. The fraction of sp³-hybridized carbons (Fsp3) is 0.444. The predicted molar refractivity (Wildman–Crippen MR) is 95.2 cm³/mol. The molecule has 5 nitrogen and oxygen atoms in total. The summed E-state index contributed by atoms with van der Waals surface area (Å²) in [6.45, 7) is 2.01. The Bertz CT molecular complexity index is 745. The maximum Gasteiger partial charge on any atom is 0.338 e. The molecule has 0 amide bonds. The van der Waals surface area contributed by atoms with Gasteiger partial charge in [0.25, 0.3) is 0 Å². The smallest absolute Gasteiger partial charge is 0.338 e. The van der Waals surface area contributed by atoms with Gasteiger partial charge in [-0.05, 0) is 44.1 Å². The summed E-state index contributed by atoms with van der Waals surface area (Å²) in [4.78, 5) is 14.5. The number of rotatable bonds is 6. The number of nitrogens with zero attached hydrogens (tertiary/aromatic N) is 1. The zero-order chi connectivity index (χ0) is 18.8. The summed E-state index contributed by atoms with van der Waals surface area (Å²) in [6.07, 6.45) is 1.90. The second-order valence-electron chi connectivity index (χ2n) is 6.25. The van der Waals surface area contributed by atoms with E-state index in [1.54, 1.807) is 6.92 Å². The molecule has 1 aliphatic carbocycles. The number of hydrogen-bond donors (Lipinski definition) is 1. The molecule has 1 aliphatic heterocycles. The number of benzene rings is 1. The van der Waals surface area contributed by atoms with Crippen LogP contribution in [0.3, 0.4) is 0 Å². The molecule has 1 aromatic rings. The largest absolute Gasteiger partial charge is 0.460 e. The van der Waals surface area contributed by atoms with Crippen LogP contribution in [0.5, 0.6) is 0 Å². The summed E-state index contributed by atoms with van der Waals surface area (Å²) in [6, 6.07) is 2.73. The maximum absolute atomic E-state index is 14.4. The van der Waals surface area contributed by atoms with E-state index in [2.05, 4.69) is 5.32 Å². The first-order valence-corrected chi connectivity index (χ1v) is 8.77. The number of esters is 1. The Morgan fingerprint density at radius 2 is 1.96 bits per heavy atom. The van der Waals surface area contributed by atoms with Crippen LogP contribution in [0.1, 0.15) is 31.4 Å². The Hall–Kier alpha value is -2.06. The third kappa shape index (κ3) is 3.57. The van der Waals surface area contributed by atoms with Crippen molar-refractivity contribution >= 4 is 23.3 Å². The van der Waals surface area contributed by atoms with Crippen LogP contribution in [-0.2, 0) is 14.3 Å². The van der Waals surface area contributed by atoms with Crippen molar-refractivity contribution in [2.75, 3.05) is 20.3 Å². The number of methoxy groups -OCH3 is 1. The molecule has 26 heavy (non-hydrogen) atoms. The van der Waals surface area contributed by atoms with E-state index in [1.165, 1.54) is 13.2 Å². The van der Waals surface area contributed by atoms with Crippen molar-refractivity contribution in [1.82, 2.24) is 10.2 Å². The maximum atomic E-state index is 14.4. The monoisotopic (exact) mass is 382 g/mol. The number of carbonyl (C=O) groups is 1. The molecule has 1 fully saturated rings. The minimum absolute atomic E-state index is 0.0481. The van der Waals surface area contributed by atoms with Crippen molar-refractivity contribution in [2.45, 2.75) is 31.8 Å². The molecule has 0 saturated heterocycles. The highest BCUT2D eigenvalue weighted by molar-refractivity contribution is 7.80. The summed E-state index contributed by atoms with van der Waals surface area (Å²) in [5.41, 5.74) is 0.472. The van der Waals surface area contributed by atoms with E-state index < -0.39 is 23.6 Å². The molecule has 0 bridgehead atoms. The van der Waals surface area contributed by atoms with E-state index in [0.29, 0.717) is 10.8 Å². The van der Waals surface area contributed by atoms with Crippen LogP contribution in [0, 0.1) is 11.6 Å². The molecule has 0 aromatic heterocycles. The zero-order valence-electron chi connectivity index (χ0n) is 14.6. The van der Waals surface area contributed by atoms with Gasteiger partial charge in [0.05, 0.1) is 23.8 Å². The van der Waals surface area contributed by atoms with Crippen molar-refractivity contribution in [3.63, 3.8) is 0 Å². The molecule has 0 unspecified atom stereocenters. The Balaban J connectivity index is 2.03. The van der Waals surface area contributed by atoms with Gasteiger partial charge in [-0.15, -0.1) is 0 Å². The molecule has 1 aromatic carbocycles. The average molecular weight is 382 g/mol. The third-order valence-corrected chi connectivity index (χ3v) is 4.78. The normalized spacial score (nSPS) is 20.2. The third-order valence-electron chi connectivity index (χ3n) is 4.47. The number of ether oxygens (including phenoxy) is 2. The lowest BCUT2D eigenvalue weighted by Crippen LogP contribution is -2.49. The van der Waals surface area contributed by atoms with Crippen LogP contribution < -0.4 is 5.32 Å². The Morgan fingerprint density at radius 3 is 2.54 bits per heavy atom. The lowest BCUT2D eigenvalue weighted by molar-refractivity contribution is -0.140. The minimum atomic E-state index is -1.05. The Labute approximate surface area is 155 Å². The summed E-state index contributed by atoms with van der Waals surface area (Å²) >= 11 is 5.39. The fourth-order valence-electron chi connectivity index (χ4n) is 3.09. The van der Waals surface area contributed by atoms with Crippen molar-refractivity contribution in [1.29, 1.82) is 0 Å². The first-order valence-electron chi connectivity index (χ1n) is 8.36. The molecule has 1 heterocycles. The number of thiocarbonyl (C=S) groups is 1. The molecule has 1 saturated carbocycles. The van der Waals surface area contributed by atoms with E-state index >= 15 is 0 Å². The number of carbonyl (C=O) groups excluding carboxylic acids is 1. The minimum Gasteiger partial charge on any atom is -0.460 e. The van der Waals surface area contributed by atoms with E-state index in [-0.39, 0.29) is 30.4 Å². The van der Waals surface area contributed by atoms with Crippen LogP contribution in [0.4, 0.5) is 8.78 Å². The molecule has 1 N–H and O–H groups in total. The first kappa shape index (κ1) is 18.7. The first-order chi connectivity index (χ1) is 12.5. The second kappa shape index (κ2) is 7.67. The van der Waals surface area contributed by atoms with Gasteiger partial charge in [0.15, 0.2) is 5.11 Å². The number of halogens is 2. The van der Waals surface area contributed by atoms with Gasteiger partial charge in [0.1, 0.15) is 18.2 Å². The fourth-order valence-corrected chi connectivity index (χ4v) is 3.50. The molecule has 140 valence electrons. The van der Waals surface area contributed by atoms with Crippen LogP contribution in [-0.4, -0.2) is 42.3 Å². The second-order valence-corrected chi connectivity index (χ2v) is 6.63. The lowest BCUT2D eigenvalue weighted by Gasteiger charge is -2.37. The molecule has 0 spiro atoms. The van der Waals surface area contributed by atoms with Gasteiger partial charge >= 0.3 is 5.97 Å². The van der Waals surface area contributed by atoms with Crippen LogP contribution >= 0.6 is 12.2 Å². The molecular formula is C18H20F2N2O3S. The predicted octanol–water partition coefficient (Wildman–Crippen LogP) is 2.82. The number of allylic oxidation sites excluding steroid dienone is 1. The lowest BCUT2D eigenvalue weighted by atomic mass is 9.94. The summed E-state index contributed by atoms with van der Waals surface area (Å²) in [5.74, 6) is -2.15. The highest BCUT2D eigenvalue weighted by Gasteiger charge is 2.42.